The van der Waals surface area contributed by atoms with Gasteiger partial charge in [-0.25, -0.2) is 4.79 Å². The maximum Gasteiger partial charge on any atom is 0.335 e. The summed E-state index contributed by atoms with van der Waals surface area (Å²) in [7, 11) is 0. The van der Waals surface area contributed by atoms with Gasteiger partial charge in [-0.15, -0.1) is 0 Å². The van der Waals surface area contributed by atoms with E-state index in [0.29, 0.717) is 17.1 Å². The van der Waals surface area contributed by atoms with Crippen molar-refractivity contribution in [3.8, 4) is 11.5 Å². The molecule has 15 heavy (non-hydrogen) atoms. The number of ether oxygens (including phenoxy) is 2. The second kappa shape index (κ2) is 3.31. The van der Waals surface area contributed by atoms with Crippen LogP contribution >= 0.6 is 0 Å². The number of carbonyl (C=O) groups is 1. The Balaban J connectivity index is 2.49. The molecule has 0 bridgehead atoms. The fourth-order valence-electron chi connectivity index (χ4n) is 1.48. The van der Waals surface area contributed by atoms with Gasteiger partial charge < -0.3 is 14.6 Å². The third kappa shape index (κ3) is 1.54. The quantitative estimate of drug-likeness (QED) is 0.750. The predicted molar refractivity (Wildman–Crippen MR) is 54.0 cm³/mol. The lowest BCUT2D eigenvalue weighted by atomic mass is 10.0. The summed E-state index contributed by atoms with van der Waals surface area (Å²) in [6.45, 7) is 5.50. The van der Waals surface area contributed by atoms with E-state index < -0.39 is 5.97 Å². The van der Waals surface area contributed by atoms with E-state index in [2.05, 4.69) is 6.58 Å². The summed E-state index contributed by atoms with van der Waals surface area (Å²) in [6.07, 6.45) is 0. The standard InChI is InChI=1S/C11H10O4/c1-6-3-9-10(15-5-14-9)4-8(6)7(2)11(12)13/h3-4H,2,5H2,1H3,(H,12,13). The zero-order valence-electron chi connectivity index (χ0n) is 8.24. The molecule has 0 amide bonds. The minimum absolute atomic E-state index is 0.0609. The summed E-state index contributed by atoms with van der Waals surface area (Å²) in [5.41, 5.74) is 1.45. The normalized spacial score (nSPS) is 12.6. The largest absolute Gasteiger partial charge is 0.478 e. The number of hydrogen-bond donors (Lipinski definition) is 1. The van der Waals surface area contributed by atoms with Gasteiger partial charge in [0.05, 0.1) is 5.57 Å². The fourth-order valence-corrected chi connectivity index (χ4v) is 1.48. The van der Waals surface area contributed by atoms with Crippen molar-refractivity contribution < 1.29 is 19.4 Å². The molecule has 1 aliphatic rings. The van der Waals surface area contributed by atoms with Crippen LogP contribution in [0.3, 0.4) is 0 Å². The highest BCUT2D eigenvalue weighted by Gasteiger charge is 2.18. The topological polar surface area (TPSA) is 55.8 Å². The molecule has 1 heterocycles. The van der Waals surface area contributed by atoms with Crippen LogP contribution in [0, 0.1) is 6.92 Å². The smallest absolute Gasteiger partial charge is 0.335 e. The molecule has 4 nitrogen and oxygen atoms in total. The third-order valence-electron chi connectivity index (χ3n) is 2.30. The van der Waals surface area contributed by atoms with Crippen LogP contribution < -0.4 is 9.47 Å². The number of aryl methyl sites for hydroxylation is 1. The Labute approximate surface area is 86.7 Å². The van der Waals surface area contributed by atoms with Crippen molar-refractivity contribution in [2.24, 2.45) is 0 Å². The number of carboxylic acid groups (broad SMARTS) is 1. The average molecular weight is 206 g/mol. The van der Waals surface area contributed by atoms with Crippen LogP contribution in [0.5, 0.6) is 11.5 Å². The Kier molecular flexibility index (Phi) is 2.11. The van der Waals surface area contributed by atoms with E-state index in [9.17, 15) is 4.79 Å². The predicted octanol–water partition coefficient (Wildman–Crippen LogP) is 1.82. The molecule has 78 valence electrons. The Morgan fingerprint density at radius 3 is 2.60 bits per heavy atom. The van der Waals surface area contributed by atoms with Crippen LogP contribution in [0.15, 0.2) is 18.7 Å². The van der Waals surface area contributed by atoms with Crippen molar-refractivity contribution in [1.29, 1.82) is 0 Å². The Morgan fingerprint density at radius 2 is 2.00 bits per heavy atom. The third-order valence-corrected chi connectivity index (χ3v) is 2.30. The van der Waals surface area contributed by atoms with Crippen molar-refractivity contribution in [3.63, 3.8) is 0 Å². The van der Waals surface area contributed by atoms with Gasteiger partial charge in [0.2, 0.25) is 6.79 Å². The number of hydrogen-bond acceptors (Lipinski definition) is 3. The highest BCUT2D eigenvalue weighted by molar-refractivity contribution is 6.15. The van der Waals surface area contributed by atoms with Crippen molar-refractivity contribution in [2.45, 2.75) is 6.92 Å². The van der Waals surface area contributed by atoms with Gasteiger partial charge in [-0.1, -0.05) is 6.58 Å². The molecule has 0 unspecified atom stereocenters. The van der Waals surface area contributed by atoms with Crippen molar-refractivity contribution >= 4 is 11.5 Å². The van der Waals surface area contributed by atoms with E-state index in [1.165, 1.54) is 0 Å². The minimum atomic E-state index is -1.03. The van der Waals surface area contributed by atoms with E-state index in [4.69, 9.17) is 14.6 Å². The number of carboxylic acids is 1. The summed E-state index contributed by atoms with van der Waals surface area (Å²) >= 11 is 0. The van der Waals surface area contributed by atoms with Crippen LogP contribution in [0.2, 0.25) is 0 Å². The van der Waals surface area contributed by atoms with Gasteiger partial charge in [0.1, 0.15) is 0 Å². The zero-order chi connectivity index (χ0) is 11.0. The molecular formula is C11H10O4. The Hall–Kier alpha value is -1.97. The molecule has 1 aromatic rings. The molecule has 2 rings (SSSR count). The molecule has 0 radical (unpaired) electrons. The first-order valence-electron chi connectivity index (χ1n) is 4.42. The lowest BCUT2D eigenvalue weighted by molar-refractivity contribution is -0.130. The summed E-state index contributed by atoms with van der Waals surface area (Å²) in [6, 6.07) is 3.40. The van der Waals surface area contributed by atoms with Gasteiger partial charge in [0, 0.05) is 0 Å². The van der Waals surface area contributed by atoms with Crippen LogP contribution in [0.25, 0.3) is 5.57 Å². The molecule has 0 fully saturated rings. The minimum Gasteiger partial charge on any atom is -0.478 e. The molecule has 1 aliphatic heterocycles. The Bertz CT molecular complexity index is 448. The van der Waals surface area contributed by atoms with Gasteiger partial charge in [-0.2, -0.15) is 0 Å². The van der Waals surface area contributed by atoms with Crippen LogP contribution in [0.4, 0.5) is 0 Å². The molecular weight excluding hydrogens is 196 g/mol. The van der Waals surface area contributed by atoms with Crippen LogP contribution in [-0.2, 0) is 4.79 Å². The highest BCUT2D eigenvalue weighted by Crippen LogP contribution is 2.36. The van der Waals surface area contributed by atoms with Crippen molar-refractivity contribution in [2.75, 3.05) is 6.79 Å². The first-order chi connectivity index (χ1) is 7.09. The molecule has 0 aromatic heterocycles. The first kappa shape index (κ1) is 9.58. The van der Waals surface area contributed by atoms with Gasteiger partial charge in [-0.3, -0.25) is 0 Å². The number of fused-ring (bicyclic) bond motifs is 1. The first-order valence-corrected chi connectivity index (χ1v) is 4.42. The Morgan fingerprint density at radius 1 is 1.40 bits per heavy atom. The fraction of sp³-hybridized carbons (Fsp3) is 0.182. The average Bonchev–Trinajstić information content (AvgIpc) is 2.62. The summed E-state index contributed by atoms with van der Waals surface area (Å²) in [5.74, 6) is 0.185. The zero-order valence-corrected chi connectivity index (χ0v) is 8.24. The van der Waals surface area contributed by atoms with E-state index in [-0.39, 0.29) is 12.4 Å². The van der Waals surface area contributed by atoms with Gasteiger partial charge in [0.25, 0.3) is 0 Å². The van der Waals surface area contributed by atoms with E-state index in [0.717, 1.165) is 5.56 Å². The maximum atomic E-state index is 10.8. The number of benzene rings is 1. The lowest BCUT2D eigenvalue weighted by Gasteiger charge is -2.06. The van der Waals surface area contributed by atoms with E-state index in [1.54, 1.807) is 12.1 Å². The van der Waals surface area contributed by atoms with Gasteiger partial charge in [-0.05, 0) is 30.2 Å². The molecule has 0 saturated carbocycles. The summed E-state index contributed by atoms with van der Waals surface area (Å²) in [4.78, 5) is 10.8. The molecule has 1 aromatic carbocycles. The SMILES string of the molecule is C=C(C(=O)O)c1cc2c(cc1C)OCO2. The second-order valence-electron chi connectivity index (χ2n) is 3.30. The number of rotatable bonds is 2. The van der Waals surface area contributed by atoms with Crippen LogP contribution in [0.1, 0.15) is 11.1 Å². The van der Waals surface area contributed by atoms with E-state index >= 15 is 0 Å². The summed E-state index contributed by atoms with van der Waals surface area (Å²) < 4.78 is 10.3. The van der Waals surface area contributed by atoms with Crippen molar-refractivity contribution in [1.82, 2.24) is 0 Å². The molecule has 0 spiro atoms. The van der Waals surface area contributed by atoms with Gasteiger partial charge in [0.15, 0.2) is 11.5 Å². The lowest BCUT2D eigenvalue weighted by Crippen LogP contribution is -2.00. The van der Waals surface area contributed by atoms with E-state index in [1.807, 2.05) is 6.92 Å². The summed E-state index contributed by atoms with van der Waals surface area (Å²) in [5, 5.41) is 8.84. The van der Waals surface area contributed by atoms with Crippen LogP contribution in [-0.4, -0.2) is 17.9 Å². The monoisotopic (exact) mass is 206 g/mol. The second-order valence-corrected chi connectivity index (χ2v) is 3.30. The van der Waals surface area contributed by atoms with Crippen molar-refractivity contribution in [3.05, 3.63) is 29.8 Å². The molecule has 4 heteroatoms. The molecule has 0 saturated heterocycles. The molecule has 0 aliphatic carbocycles. The number of aliphatic carboxylic acids is 1. The highest BCUT2D eigenvalue weighted by atomic mass is 16.7. The van der Waals surface area contributed by atoms with Gasteiger partial charge >= 0.3 is 5.97 Å². The molecule has 0 atom stereocenters. The molecule has 1 N–H and O–H groups in total. The maximum absolute atomic E-state index is 10.8.